The zero-order chi connectivity index (χ0) is 28.3. The van der Waals surface area contributed by atoms with Crippen LogP contribution in [0.4, 0.5) is 0 Å². The van der Waals surface area contributed by atoms with E-state index in [2.05, 4.69) is 36.4 Å². The lowest BCUT2D eigenvalue weighted by atomic mass is 10.00. The summed E-state index contributed by atoms with van der Waals surface area (Å²) in [6.07, 6.45) is 0. The van der Waals surface area contributed by atoms with E-state index in [9.17, 15) is 5.26 Å². The number of rotatable bonds is 5. The molecule has 0 aliphatic carbocycles. The first kappa shape index (κ1) is 25.0. The minimum Gasteiger partial charge on any atom is -0.244 e. The summed E-state index contributed by atoms with van der Waals surface area (Å²) in [4.78, 5) is 20.1. The van der Waals surface area contributed by atoms with Crippen molar-refractivity contribution in [1.82, 2.24) is 19.9 Å². The van der Waals surface area contributed by atoms with Crippen molar-refractivity contribution in [2.24, 2.45) is 0 Å². The third-order valence-electron chi connectivity index (χ3n) is 7.10. The average molecular weight is 538 g/mol. The van der Waals surface area contributed by atoms with Gasteiger partial charge in [-0.1, -0.05) is 103 Å². The second-order valence-corrected chi connectivity index (χ2v) is 9.88. The number of nitrogens with zero attached hydrogens (tertiary/aromatic N) is 5. The van der Waals surface area contributed by atoms with Crippen LogP contribution in [0.25, 0.3) is 67.5 Å². The first-order valence-corrected chi connectivity index (χ1v) is 13.6. The molecule has 0 spiro atoms. The summed E-state index contributed by atoms with van der Waals surface area (Å²) >= 11 is 0. The summed E-state index contributed by atoms with van der Waals surface area (Å²) in [5, 5.41) is 9.54. The van der Waals surface area contributed by atoms with Gasteiger partial charge in [0, 0.05) is 27.8 Å². The summed E-state index contributed by atoms with van der Waals surface area (Å²) in [6, 6.07) is 48.0. The predicted octanol–water partition coefficient (Wildman–Crippen LogP) is 8.63. The third kappa shape index (κ3) is 4.90. The SMILES string of the molecule is N#Cc1cccc(-c2nc3ccccc3nc2-c2cccc(-c3nc(-c4ccccc4)cc(-c4ccccc4)n3)c2)c1. The highest BCUT2D eigenvalue weighted by molar-refractivity contribution is 5.87. The Balaban J connectivity index is 1.41. The summed E-state index contributed by atoms with van der Waals surface area (Å²) < 4.78 is 0. The average Bonchev–Trinajstić information content (AvgIpc) is 3.08. The highest BCUT2D eigenvalue weighted by atomic mass is 14.9. The van der Waals surface area contributed by atoms with E-state index in [1.807, 2.05) is 103 Å². The third-order valence-corrected chi connectivity index (χ3v) is 7.10. The molecule has 5 nitrogen and oxygen atoms in total. The van der Waals surface area contributed by atoms with Crippen LogP contribution in [0.15, 0.2) is 140 Å². The maximum absolute atomic E-state index is 9.54. The van der Waals surface area contributed by atoms with E-state index in [1.54, 1.807) is 6.07 Å². The number of hydrogen-bond acceptors (Lipinski definition) is 5. The molecule has 7 rings (SSSR count). The van der Waals surface area contributed by atoms with E-state index in [4.69, 9.17) is 19.9 Å². The van der Waals surface area contributed by atoms with Crippen LogP contribution in [0, 0.1) is 11.3 Å². The van der Waals surface area contributed by atoms with Crippen LogP contribution in [-0.4, -0.2) is 19.9 Å². The van der Waals surface area contributed by atoms with Gasteiger partial charge in [0.15, 0.2) is 5.82 Å². The van der Waals surface area contributed by atoms with Crippen LogP contribution < -0.4 is 0 Å². The van der Waals surface area contributed by atoms with Crippen molar-refractivity contribution < 1.29 is 0 Å². The molecule has 0 saturated heterocycles. The molecule has 2 aromatic heterocycles. The lowest BCUT2D eigenvalue weighted by Gasteiger charge is -2.13. The van der Waals surface area contributed by atoms with E-state index in [-0.39, 0.29) is 0 Å². The second kappa shape index (κ2) is 10.9. The van der Waals surface area contributed by atoms with Gasteiger partial charge in [0.2, 0.25) is 0 Å². The molecule has 196 valence electrons. The van der Waals surface area contributed by atoms with Gasteiger partial charge in [-0.2, -0.15) is 5.26 Å². The first-order valence-electron chi connectivity index (χ1n) is 13.6. The molecular weight excluding hydrogens is 514 g/mol. The molecular formula is C37H23N5. The number of benzene rings is 5. The number of nitriles is 1. The van der Waals surface area contributed by atoms with Gasteiger partial charge in [0.25, 0.3) is 0 Å². The summed E-state index contributed by atoms with van der Waals surface area (Å²) in [6.45, 7) is 0. The molecule has 0 saturated carbocycles. The second-order valence-electron chi connectivity index (χ2n) is 9.88. The normalized spacial score (nSPS) is 10.8. The van der Waals surface area contributed by atoms with Crippen LogP contribution >= 0.6 is 0 Å². The summed E-state index contributed by atoms with van der Waals surface area (Å²) in [5.41, 5.74) is 9.95. The first-order chi connectivity index (χ1) is 20.7. The number of hydrogen-bond donors (Lipinski definition) is 0. The fourth-order valence-corrected chi connectivity index (χ4v) is 5.03. The van der Waals surface area contributed by atoms with Gasteiger partial charge in [-0.25, -0.2) is 19.9 Å². The maximum Gasteiger partial charge on any atom is 0.160 e. The van der Waals surface area contributed by atoms with Crippen LogP contribution in [0.2, 0.25) is 0 Å². The van der Waals surface area contributed by atoms with E-state index in [1.165, 1.54) is 0 Å². The number of para-hydroxylation sites is 2. The van der Waals surface area contributed by atoms with Gasteiger partial charge < -0.3 is 0 Å². The van der Waals surface area contributed by atoms with E-state index in [0.29, 0.717) is 17.1 Å². The molecule has 0 N–H and O–H groups in total. The molecule has 0 bridgehead atoms. The zero-order valence-electron chi connectivity index (χ0n) is 22.5. The number of aromatic nitrogens is 4. The van der Waals surface area contributed by atoms with Gasteiger partial charge in [-0.05, 0) is 36.4 Å². The molecule has 0 fully saturated rings. The van der Waals surface area contributed by atoms with Crippen molar-refractivity contribution in [3.05, 3.63) is 145 Å². The molecule has 0 aliphatic heterocycles. The standard InChI is InChI=1S/C37H23N5/c38-24-25-11-9-16-28(21-25)35-36(40-32-20-8-7-19-31(32)39-35)29-17-10-18-30(22-29)37-41-33(26-12-3-1-4-13-26)23-34(42-37)27-14-5-2-6-15-27/h1-23H. The van der Waals surface area contributed by atoms with Crippen molar-refractivity contribution in [3.8, 4) is 62.5 Å². The maximum atomic E-state index is 9.54. The van der Waals surface area contributed by atoms with Crippen LogP contribution in [0.5, 0.6) is 0 Å². The molecule has 2 heterocycles. The number of fused-ring (bicyclic) bond motifs is 1. The lowest BCUT2D eigenvalue weighted by Crippen LogP contribution is -1.98. The molecule has 0 amide bonds. The Hall–Kier alpha value is -5.99. The molecule has 5 heteroatoms. The Morgan fingerprint density at radius 2 is 0.881 bits per heavy atom. The van der Waals surface area contributed by atoms with Crippen molar-refractivity contribution in [1.29, 1.82) is 5.26 Å². The Bertz CT molecular complexity index is 2040. The van der Waals surface area contributed by atoms with Gasteiger partial charge >= 0.3 is 0 Å². The largest absolute Gasteiger partial charge is 0.244 e. The summed E-state index contributed by atoms with van der Waals surface area (Å²) in [7, 11) is 0. The predicted molar refractivity (Wildman–Crippen MR) is 167 cm³/mol. The van der Waals surface area contributed by atoms with Crippen LogP contribution in [-0.2, 0) is 0 Å². The van der Waals surface area contributed by atoms with Crippen LogP contribution in [0.1, 0.15) is 5.56 Å². The Kier molecular flexibility index (Phi) is 6.48. The van der Waals surface area contributed by atoms with Crippen LogP contribution in [0.3, 0.4) is 0 Å². The quantitative estimate of drug-likeness (QED) is 0.220. The van der Waals surface area contributed by atoms with Gasteiger partial charge in [0.1, 0.15) is 0 Å². The van der Waals surface area contributed by atoms with E-state index in [0.717, 1.165) is 55.9 Å². The Labute approximate surface area is 243 Å². The molecule has 5 aromatic carbocycles. The minimum atomic E-state index is 0.571. The fourth-order valence-electron chi connectivity index (χ4n) is 5.03. The van der Waals surface area contributed by atoms with E-state index >= 15 is 0 Å². The molecule has 0 aliphatic rings. The smallest absolute Gasteiger partial charge is 0.160 e. The van der Waals surface area contributed by atoms with Crippen molar-refractivity contribution in [2.75, 3.05) is 0 Å². The van der Waals surface area contributed by atoms with Crippen molar-refractivity contribution in [3.63, 3.8) is 0 Å². The zero-order valence-corrected chi connectivity index (χ0v) is 22.5. The van der Waals surface area contributed by atoms with E-state index < -0.39 is 0 Å². The fraction of sp³-hybridized carbons (Fsp3) is 0. The summed E-state index contributed by atoms with van der Waals surface area (Å²) in [5.74, 6) is 0.624. The van der Waals surface area contributed by atoms with Gasteiger partial charge in [-0.15, -0.1) is 0 Å². The lowest BCUT2D eigenvalue weighted by molar-refractivity contribution is 1.18. The molecule has 7 aromatic rings. The molecule has 0 radical (unpaired) electrons. The molecule has 0 atom stereocenters. The van der Waals surface area contributed by atoms with Gasteiger partial charge in [-0.3, -0.25) is 0 Å². The molecule has 42 heavy (non-hydrogen) atoms. The van der Waals surface area contributed by atoms with Crippen molar-refractivity contribution >= 4 is 11.0 Å². The van der Waals surface area contributed by atoms with Gasteiger partial charge in [0.05, 0.1) is 45.4 Å². The van der Waals surface area contributed by atoms with Crippen molar-refractivity contribution in [2.45, 2.75) is 0 Å². The Morgan fingerprint density at radius 1 is 0.405 bits per heavy atom. The minimum absolute atomic E-state index is 0.571. The highest BCUT2D eigenvalue weighted by Crippen LogP contribution is 2.34. The highest BCUT2D eigenvalue weighted by Gasteiger charge is 2.16. The molecule has 0 unspecified atom stereocenters. The Morgan fingerprint density at radius 3 is 1.45 bits per heavy atom. The monoisotopic (exact) mass is 537 g/mol. The topological polar surface area (TPSA) is 75.3 Å².